The second-order valence-corrected chi connectivity index (χ2v) is 4.55. The van der Waals surface area contributed by atoms with Gasteiger partial charge in [0.2, 0.25) is 5.88 Å². The summed E-state index contributed by atoms with van der Waals surface area (Å²) in [7, 11) is 1.59. The molecular formula is C16H21IN4O. The summed E-state index contributed by atoms with van der Waals surface area (Å²) in [6.45, 7) is 2.52. The summed E-state index contributed by atoms with van der Waals surface area (Å²) >= 11 is 0. The van der Waals surface area contributed by atoms with Crippen LogP contribution in [0.2, 0.25) is 0 Å². The van der Waals surface area contributed by atoms with Crippen molar-refractivity contribution in [3.8, 4) is 5.88 Å². The van der Waals surface area contributed by atoms with E-state index < -0.39 is 0 Å². The number of ether oxygens (including phenoxy) is 1. The minimum Gasteiger partial charge on any atom is -0.481 e. The summed E-state index contributed by atoms with van der Waals surface area (Å²) < 4.78 is 5.08. The Balaban J connectivity index is 0.00000242. The van der Waals surface area contributed by atoms with Gasteiger partial charge in [-0.25, -0.2) is 9.98 Å². The SMILES string of the molecule is CCc1cccc(NC(N)=NCc2cccc(OC)n2)c1.I. The number of methoxy groups -OCH3 is 1. The zero-order valence-electron chi connectivity index (χ0n) is 12.7. The van der Waals surface area contributed by atoms with E-state index in [-0.39, 0.29) is 24.0 Å². The molecule has 0 aliphatic heterocycles. The van der Waals surface area contributed by atoms with Crippen molar-refractivity contribution in [3.05, 3.63) is 53.7 Å². The molecule has 0 aliphatic carbocycles. The lowest BCUT2D eigenvalue weighted by Gasteiger charge is -2.07. The molecule has 0 amide bonds. The summed E-state index contributed by atoms with van der Waals surface area (Å²) in [5.41, 5.74) is 8.89. The van der Waals surface area contributed by atoms with E-state index in [0.29, 0.717) is 18.4 Å². The third-order valence-electron chi connectivity index (χ3n) is 3.01. The maximum atomic E-state index is 5.90. The number of hydrogen-bond acceptors (Lipinski definition) is 3. The highest BCUT2D eigenvalue weighted by atomic mass is 127. The molecule has 0 saturated carbocycles. The first-order chi connectivity index (χ1) is 10.2. The minimum atomic E-state index is 0. The number of hydrogen-bond donors (Lipinski definition) is 2. The number of anilines is 1. The van der Waals surface area contributed by atoms with Crippen LogP contribution >= 0.6 is 24.0 Å². The fraction of sp³-hybridized carbons (Fsp3) is 0.250. The number of rotatable bonds is 5. The van der Waals surface area contributed by atoms with Gasteiger partial charge in [0, 0.05) is 11.8 Å². The molecule has 0 unspecified atom stereocenters. The molecule has 1 aromatic heterocycles. The topological polar surface area (TPSA) is 72.5 Å². The van der Waals surface area contributed by atoms with Gasteiger partial charge in [0.15, 0.2) is 5.96 Å². The van der Waals surface area contributed by atoms with Crippen LogP contribution in [0.5, 0.6) is 5.88 Å². The lowest BCUT2D eigenvalue weighted by atomic mass is 10.1. The van der Waals surface area contributed by atoms with Crippen molar-refractivity contribution in [2.45, 2.75) is 19.9 Å². The fourth-order valence-electron chi connectivity index (χ4n) is 1.88. The van der Waals surface area contributed by atoms with Crippen molar-refractivity contribution in [3.63, 3.8) is 0 Å². The molecule has 0 radical (unpaired) electrons. The van der Waals surface area contributed by atoms with E-state index in [4.69, 9.17) is 10.5 Å². The Labute approximate surface area is 148 Å². The molecule has 0 fully saturated rings. The third kappa shape index (κ3) is 5.51. The lowest BCUT2D eigenvalue weighted by molar-refractivity contribution is 0.396. The monoisotopic (exact) mass is 412 g/mol. The van der Waals surface area contributed by atoms with Gasteiger partial charge in [-0.15, -0.1) is 24.0 Å². The molecule has 5 nitrogen and oxygen atoms in total. The van der Waals surface area contributed by atoms with Gasteiger partial charge in [-0.05, 0) is 30.2 Å². The van der Waals surface area contributed by atoms with E-state index >= 15 is 0 Å². The van der Waals surface area contributed by atoms with Gasteiger partial charge in [-0.2, -0.15) is 0 Å². The van der Waals surface area contributed by atoms with Crippen LogP contribution in [0.15, 0.2) is 47.5 Å². The maximum Gasteiger partial charge on any atom is 0.213 e. The molecule has 118 valence electrons. The molecule has 0 atom stereocenters. The van der Waals surface area contributed by atoms with Crippen molar-refractivity contribution >= 4 is 35.6 Å². The Morgan fingerprint density at radius 3 is 2.77 bits per heavy atom. The molecule has 0 bridgehead atoms. The number of aromatic nitrogens is 1. The molecule has 6 heteroatoms. The number of nitrogens with two attached hydrogens (primary N) is 1. The highest BCUT2D eigenvalue weighted by Gasteiger charge is 1.99. The van der Waals surface area contributed by atoms with Crippen LogP contribution in [0.1, 0.15) is 18.2 Å². The number of pyridine rings is 1. The molecule has 0 aliphatic rings. The normalized spacial score (nSPS) is 10.7. The predicted molar refractivity (Wildman–Crippen MR) is 101 cm³/mol. The summed E-state index contributed by atoms with van der Waals surface area (Å²) in [5.74, 6) is 0.942. The largest absolute Gasteiger partial charge is 0.481 e. The Bertz CT molecular complexity index is 631. The van der Waals surface area contributed by atoms with Crippen LogP contribution in [0.25, 0.3) is 0 Å². The molecule has 2 aromatic rings. The minimum absolute atomic E-state index is 0. The van der Waals surface area contributed by atoms with E-state index in [9.17, 15) is 0 Å². The van der Waals surface area contributed by atoms with Crippen LogP contribution in [0, 0.1) is 0 Å². The van der Waals surface area contributed by atoms with Gasteiger partial charge in [0.1, 0.15) is 0 Å². The van der Waals surface area contributed by atoms with Gasteiger partial charge in [0.25, 0.3) is 0 Å². The van der Waals surface area contributed by atoms with Crippen LogP contribution < -0.4 is 15.8 Å². The number of aliphatic imine (C=N–C) groups is 1. The highest BCUT2D eigenvalue weighted by Crippen LogP contribution is 2.11. The van der Waals surface area contributed by atoms with Crippen LogP contribution in [0.3, 0.4) is 0 Å². The molecule has 1 heterocycles. The third-order valence-corrected chi connectivity index (χ3v) is 3.01. The number of nitrogens with zero attached hydrogens (tertiary/aromatic N) is 2. The van der Waals surface area contributed by atoms with Crippen molar-refractivity contribution in [1.82, 2.24) is 4.98 Å². The predicted octanol–water partition coefficient (Wildman–Crippen LogP) is 3.20. The Kier molecular flexibility index (Phi) is 7.65. The van der Waals surface area contributed by atoms with Gasteiger partial charge < -0.3 is 15.8 Å². The zero-order chi connectivity index (χ0) is 15.1. The van der Waals surface area contributed by atoms with E-state index in [1.54, 1.807) is 13.2 Å². The van der Waals surface area contributed by atoms with Crippen LogP contribution in [-0.2, 0) is 13.0 Å². The van der Waals surface area contributed by atoms with Crippen molar-refractivity contribution in [2.75, 3.05) is 12.4 Å². The van der Waals surface area contributed by atoms with Gasteiger partial charge in [-0.1, -0.05) is 25.1 Å². The number of halogens is 1. The zero-order valence-corrected chi connectivity index (χ0v) is 15.1. The van der Waals surface area contributed by atoms with Crippen molar-refractivity contribution < 1.29 is 4.74 Å². The maximum absolute atomic E-state index is 5.90. The van der Waals surface area contributed by atoms with Gasteiger partial charge >= 0.3 is 0 Å². The number of benzene rings is 1. The smallest absolute Gasteiger partial charge is 0.213 e. The second kappa shape index (κ2) is 9.24. The Hall–Kier alpha value is -1.83. The second-order valence-electron chi connectivity index (χ2n) is 4.55. The van der Waals surface area contributed by atoms with E-state index in [1.807, 2.05) is 24.3 Å². The highest BCUT2D eigenvalue weighted by molar-refractivity contribution is 14.0. The lowest BCUT2D eigenvalue weighted by Crippen LogP contribution is -2.22. The number of nitrogens with one attached hydrogen (secondary N) is 1. The van der Waals surface area contributed by atoms with Gasteiger partial charge in [0.05, 0.1) is 19.3 Å². The molecule has 22 heavy (non-hydrogen) atoms. The van der Waals surface area contributed by atoms with Crippen molar-refractivity contribution in [1.29, 1.82) is 0 Å². The van der Waals surface area contributed by atoms with E-state index in [0.717, 1.165) is 17.8 Å². The molecule has 2 rings (SSSR count). The number of aryl methyl sites for hydroxylation is 1. The standard InChI is InChI=1S/C16H20N4O.HI/c1-3-12-6-4-7-13(10-12)20-16(17)18-11-14-8-5-9-15(19-14)21-2;/h4-10H,3,11H2,1-2H3,(H3,17,18,20);1H. The Morgan fingerprint density at radius 2 is 2.05 bits per heavy atom. The summed E-state index contributed by atoms with van der Waals surface area (Å²) in [6.07, 6.45) is 0.986. The molecule has 1 aromatic carbocycles. The average Bonchev–Trinajstić information content (AvgIpc) is 2.53. The molecular weight excluding hydrogens is 391 g/mol. The van der Waals surface area contributed by atoms with Gasteiger partial charge in [-0.3, -0.25) is 0 Å². The number of guanidine groups is 1. The molecule has 3 N–H and O–H groups in total. The van der Waals surface area contributed by atoms with E-state index in [1.165, 1.54) is 5.56 Å². The quantitative estimate of drug-likeness (QED) is 0.450. The van der Waals surface area contributed by atoms with Crippen LogP contribution in [-0.4, -0.2) is 18.1 Å². The molecule has 0 spiro atoms. The average molecular weight is 412 g/mol. The molecule has 0 saturated heterocycles. The first kappa shape index (κ1) is 18.2. The summed E-state index contributed by atoms with van der Waals surface area (Å²) in [5, 5.41) is 3.08. The summed E-state index contributed by atoms with van der Waals surface area (Å²) in [6, 6.07) is 13.7. The summed E-state index contributed by atoms with van der Waals surface area (Å²) in [4.78, 5) is 8.57. The fourth-order valence-corrected chi connectivity index (χ4v) is 1.88. The van der Waals surface area contributed by atoms with Crippen LogP contribution in [0.4, 0.5) is 5.69 Å². The first-order valence-electron chi connectivity index (χ1n) is 6.87. The van der Waals surface area contributed by atoms with E-state index in [2.05, 4.69) is 34.3 Å². The first-order valence-corrected chi connectivity index (χ1v) is 6.87. The Morgan fingerprint density at radius 1 is 1.27 bits per heavy atom. The van der Waals surface area contributed by atoms with Crippen molar-refractivity contribution in [2.24, 2.45) is 10.7 Å².